The minimum atomic E-state index is -0.519. The van der Waals surface area contributed by atoms with Crippen LogP contribution in [0.5, 0.6) is 0 Å². The molecule has 0 unspecified atom stereocenters. The van der Waals surface area contributed by atoms with Crippen LogP contribution in [0.1, 0.15) is 63.4 Å². The molecule has 134 valence electrons. The van der Waals surface area contributed by atoms with Crippen LogP contribution in [-0.4, -0.2) is 33.3 Å². The number of aromatic nitrogens is 2. The Balaban J connectivity index is 1.73. The fourth-order valence-electron chi connectivity index (χ4n) is 2.98. The molecule has 1 aliphatic heterocycles. The second-order valence-corrected chi connectivity index (χ2v) is 7.39. The summed E-state index contributed by atoms with van der Waals surface area (Å²) in [6.45, 7) is 6.27. The number of rotatable bonds is 3. The monoisotopic (exact) mass is 343 g/mol. The van der Waals surface area contributed by atoms with Crippen molar-refractivity contribution < 1.29 is 14.1 Å². The average Bonchev–Trinajstić information content (AvgIpc) is 3.02. The highest BCUT2D eigenvalue weighted by atomic mass is 16.6. The van der Waals surface area contributed by atoms with Crippen LogP contribution in [0.2, 0.25) is 0 Å². The average molecular weight is 343 g/mol. The van der Waals surface area contributed by atoms with Crippen molar-refractivity contribution in [2.45, 2.75) is 58.1 Å². The third-order valence-corrected chi connectivity index (χ3v) is 4.11. The molecule has 2 aromatic rings. The molecular weight excluding hydrogens is 318 g/mol. The Bertz CT molecular complexity index is 706. The topological polar surface area (TPSA) is 68.5 Å². The van der Waals surface area contributed by atoms with Gasteiger partial charge in [-0.15, -0.1) is 0 Å². The number of benzene rings is 1. The van der Waals surface area contributed by atoms with E-state index in [1.54, 1.807) is 4.90 Å². The molecule has 3 rings (SSSR count). The highest BCUT2D eigenvalue weighted by Crippen LogP contribution is 2.30. The third-order valence-electron chi connectivity index (χ3n) is 4.11. The largest absolute Gasteiger partial charge is 0.444 e. The lowest BCUT2D eigenvalue weighted by Gasteiger charge is -2.35. The fourth-order valence-corrected chi connectivity index (χ4v) is 2.98. The predicted octanol–water partition coefficient (Wildman–Crippen LogP) is 4.12. The highest BCUT2D eigenvalue weighted by molar-refractivity contribution is 5.68. The van der Waals surface area contributed by atoms with E-state index in [4.69, 9.17) is 9.26 Å². The molecule has 0 aliphatic carbocycles. The molecule has 1 aromatic heterocycles. The van der Waals surface area contributed by atoms with E-state index in [0.717, 1.165) is 24.8 Å². The summed E-state index contributed by atoms with van der Waals surface area (Å²) in [7, 11) is 0. The van der Waals surface area contributed by atoms with Crippen molar-refractivity contribution in [3.8, 4) is 0 Å². The van der Waals surface area contributed by atoms with E-state index in [1.165, 1.54) is 0 Å². The maximum atomic E-state index is 12.5. The van der Waals surface area contributed by atoms with Crippen molar-refractivity contribution in [2.24, 2.45) is 0 Å². The van der Waals surface area contributed by atoms with Crippen molar-refractivity contribution in [2.75, 3.05) is 6.54 Å². The number of amides is 1. The van der Waals surface area contributed by atoms with Crippen LogP contribution in [0.3, 0.4) is 0 Å². The lowest BCUT2D eigenvalue weighted by atomic mass is 10.0. The van der Waals surface area contributed by atoms with Crippen LogP contribution in [0.25, 0.3) is 0 Å². The number of hydrogen-bond acceptors (Lipinski definition) is 5. The summed E-state index contributed by atoms with van der Waals surface area (Å²) in [5.41, 5.74) is 0.597. The zero-order chi connectivity index (χ0) is 17.9. The molecule has 0 radical (unpaired) electrons. The third kappa shape index (κ3) is 4.59. The van der Waals surface area contributed by atoms with Gasteiger partial charge in [0, 0.05) is 6.54 Å². The van der Waals surface area contributed by atoms with Gasteiger partial charge in [-0.1, -0.05) is 35.5 Å². The Morgan fingerprint density at radius 2 is 2.04 bits per heavy atom. The first-order chi connectivity index (χ1) is 11.9. The first-order valence-electron chi connectivity index (χ1n) is 8.78. The van der Waals surface area contributed by atoms with E-state index < -0.39 is 5.60 Å². The molecule has 0 bridgehead atoms. The zero-order valence-electron chi connectivity index (χ0n) is 15.1. The van der Waals surface area contributed by atoms with Crippen LogP contribution in [0, 0.1) is 0 Å². The van der Waals surface area contributed by atoms with Gasteiger partial charge in [0.05, 0.1) is 12.5 Å². The van der Waals surface area contributed by atoms with Crippen LogP contribution in [-0.2, 0) is 11.2 Å². The van der Waals surface area contributed by atoms with E-state index in [-0.39, 0.29) is 12.1 Å². The van der Waals surface area contributed by atoms with Gasteiger partial charge in [0.1, 0.15) is 5.60 Å². The minimum Gasteiger partial charge on any atom is -0.444 e. The summed E-state index contributed by atoms with van der Waals surface area (Å²) in [4.78, 5) is 18.8. The summed E-state index contributed by atoms with van der Waals surface area (Å²) < 4.78 is 10.9. The van der Waals surface area contributed by atoms with Gasteiger partial charge < -0.3 is 9.26 Å². The van der Waals surface area contributed by atoms with Crippen LogP contribution in [0.4, 0.5) is 4.79 Å². The maximum Gasteiger partial charge on any atom is 0.410 e. The Morgan fingerprint density at radius 1 is 1.28 bits per heavy atom. The second kappa shape index (κ2) is 7.25. The highest BCUT2D eigenvalue weighted by Gasteiger charge is 2.34. The van der Waals surface area contributed by atoms with E-state index in [0.29, 0.717) is 24.7 Å². The number of carbonyl (C=O) groups is 1. The number of piperidine rings is 1. The van der Waals surface area contributed by atoms with Gasteiger partial charge in [-0.05, 0) is 45.6 Å². The Labute approximate surface area is 148 Å². The van der Waals surface area contributed by atoms with Crippen molar-refractivity contribution >= 4 is 6.09 Å². The molecule has 1 aliphatic rings. The fraction of sp³-hybridized carbons (Fsp3) is 0.526. The first-order valence-corrected chi connectivity index (χ1v) is 8.78. The number of nitrogens with zero attached hydrogens (tertiary/aromatic N) is 3. The van der Waals surface area contributed by atoms with E-state index in [9.17, 15) is 4.79 Å². The lowest BCUT2D eigenvalue weighted by molar-refractivity contribution is 0.00821. The molecule has 2 heterocycles. The summed E-state index contributed by atoms with van der Waals surface area (Å²) in [6.07, 6.45) is 3.10. The molecule has 0 saturated carbocycles. The zero-order valence-corrected chi connectivity index (χ0v) is 15.1. The van der Waals surface area contributed by atoms with Crippen LogP contribution < -0.4 is 0 Å². The van der Waals surface area contributed by atoms with Gasteiger partial charge in [0.2, 0.25) is 5.89 Å². The standard InChI is InChI=1S/C19H25N3O3/c1-19(2,3)24-18(23)22-12-8-7-11-15(22)17-20-16(25-21-17)13-14-9-5-4-6-10-14/h4-6,9-10,15H,7-8,11-13H2,1-3H3/t15-/m0/s1. The smallest absolute Gasteiger partial charge is 0.410 e. The van der Waals surface area contributed by atoms with Crippen molar-refractivity contribution in [3.05, 3.63) is 47.6 Å². The lowest BCUT2D eigenvalue weighted by Crippen LogP contribution is -2.42. The molecule has 6 nitrogen and oxygen atoms in total. The summed E-state index contributed by atoms with van der Waals surface area (Å²) >= 11 is 0. The summed E-state index contributed by atoms with van der Waals surface area (Å²) in [5, 5.41) is 4.13. The Hall–Kier alpha value is -2.37. The number of hydrogen-bond donors (Lipinski definition) is 0. The molecule has 1 atom stereocenters. The van der Waals surface area contributed by atoms with Crippen LogP contribution in [0.15, 0.2) is 34.9 Å². The molecule has 1 saturated heterocycles. The van der Waals surface area contributed by atoms with E-state index >= 15 is 0 Å². The summed E-state index contributed by atoms with van der Waals surface area (Å²) in [5.74, 6) is 1.13. The number of carbonyl (C=O) groups excluding carboxylic acids is 1. The first kappa shape index (κ1) is 17.5. The second-order valence-electron chi connectivity index (χ2n) is 7.39. The Kier molecular flexibility index (Phi) is 5.06. The quantitative estimate of drug-likeness (QED) is 0.838. The van der Waals surface area contributed by atoms with Gasteiger partial charge >= 0.3 is 6.09 Å². The molecule has 25 heavy (non-hydrogen) atoms. The van der Waals surface area contributed by atoms with Crippen molar-refractivity contribution in [1.82, 2.24) is 15.0 Å². The molecule has 0 spiro atoms. The van der Waals surface area contributed by atoms with Gasteiger partial charge in [0.25, 0.3) is 0 Å². The Morgan fingerprint density at radius 3 is 2.76 bits per heavy atom. The minimum absolute atomic E-state index is 0.183. The molecule has 1 aromatic carbocycles. The van der Waals surface area contributed by atoms with Crippen molar-refractivity contribution in [1.29, 1.82) is 0 Å². The summed E-state index contributed by atoms with van der Waals surface area (Å²) in [6, 6.07) is 9.81. The SMILES string of the molecule is CC(C)(C)OC(=O)N1CCCC[C@H]1c1noc(Cc2ccccc2)n1. The van der Waals surface area contributed by atoms with Gasteiger partial charge in [0.15, 0.2) is 5.82 Å². The molecule has 1 fully saturated rings. The van der Waals surface area contributed by atoms with Crippen LogP contribution >= 0.6 is 0 Å². The predicted molar refractivity (Wildman–Crippen MR) is 93.1 cm³/mol. The van der Waals surface area contributed by atoms with Crippen molar-refractivity contribution in [3.63, 3.8) is 0 Å². The molecule has 6 heteroatoms. The van der Waals surface area contributed by atoms with Gasteiger partial charge in [-0.3, -0.25) is 4.90 Å². The normalized spacial score (nSPS) is 18.2. The maximum absolute atomic E-state index is 12.5. The van der Waals surface area contributed by atoms with E-state index in [2.05, 4.69) is 10.1 Å². The number of ether oxygens (including phenoxy) is 1. The van der Waals surface area contributed by atoms with Gasteiger partial charge in [-0.2, -0.15) is 4.98 Å². The molecular formula is C19H25N3O3. The van der Waals surface area contributed by atoms with E-state index in [1.807, 2.05) is 51.1 Å². The molecule has 0 N–H and O–H groups in total. The van der Waals surface area contributed by atoms with Gasteiger partial charge in [-0.25, -0.2) is 4.79 Å². The number of likely N-dealkylation sites (tertiary alicyclic amines) is 1. The molecule has 1 amide bonds.